The summed E-state index contributed by atoms with van der Waals surface area (Å²) in [5, 5.41) is 2.83. The topological polar surface area (TPSA) is 75.4 Å². The molecule has 0 aliphatic carbocycles. The van der Waals surface area contributed by atoms with Crippen LogP contribution in [0.1, 0.15) is 25.5 Å². The smallest absolute Gasteiger partial charge is 0.321 e. The van der Waals surface area contributed by atoms with E-state index in [4.69, 9.17) is 9.73 Å². The van der Waals surface area contributed by atoms with Gasteiger partial charge in [0.25, 0.3) is 0 Å². The minimum Gasteiger partial charge on any atom is -0.465 e. The van der Waals surface area contributed by atoms with Gasteiger partial charge in [0.05, 0.1) is 39.3 Å². The second kappa shape index (κ2) is 8.31. The van der Waals surface area contributed by atoms with Gasteiger partial charge in [-0.1, -0.05) is 30.3 Å². The van der Waals surface area contributed by atoms with E-state index in [1.165, 1.54) is 0 Å². The lowest BCUT2D eigenvalue weighted by Gasteiger charge is -2.37. The first-order chi connectivity index (χ1) is 12.6. The third kappa shape index (κ3) is 3.88. The fraction of sp³-hybridized carbons (Fsp3) is 0.526. The number of quaternary nitrogens is 1. The number of amides is 1. The number of esters is 1. The van der Waals surface area contributed by atoms with Crippen molar-refractivity contribution < 1.29 is 19.2 Å². The predicted octanol–water partition coefficient (Wildman–Crippen LogP) is -0.387. The number of hydrogen-bond donors (Lipinski definition) is 2. The van der Waals surface area contributed by atoms with Crippen LogP contribution in [0.15, 0.2) is 35.3 Å². The number of hydrogen-bond acceptors (Lipinski definition) is 5. The van der Waals surface area contributed by atoms with Crippen molar-refractivity contribution in [2.24, 2.45) is 10.9 Å². The number of ether oxygens (including phenoxy) is 1. The summed E-state index contributed by atoms with van der Waals surface area (Å²) in [7, 11) is 0. The largest absolute Gasteiger partial charge is 0.465 e. The summed E-state index contributed by atoms with van der Waals surface area (Å²) in [4.78, 5) is 33.5. The molecule has 0 radical (unpaired) electrons. The van der Waals surface area contributed by atoms with Crippen molar-refractivity contribution in [3.8, 4) is 0 Å². The maximum atomic E-state index is 12.7. The summed E-state index contributed by atoms with van der Waals surface area (Å²) in [5.74, 6) is -1.25. The average Bonchev–Trinajstić information content (AvgIpc) is 2.68. The number of carbonyl (C=O) groups is 2. The van der Waals surface area contributed by atoms with E-state index in [2.05, 4.69) is 17.1 Å². The molecule has 0 spiro atoms. The molecular weight excluding hydrogens is 332 g/mol. The molecule has 0 bridgehead atoms. The number of guanidine groups is 1. The normalized spacial score (nSPS) is 24.0. The number of rotatable bonds is 4. The standard InChI is InChI=1S/C19H26N4O3/c1-3-22-10-12-23(13-11-22)19-20-16(14-8-6-5-7-9-14)15(17(24)21-19)18(25)26-4-2/h5-9,15-16H,3-4,10-13H2,1-2H3,(H,20,21,24)/p+1/t15-,16+/m0/s1. The molecule has 0 saturated carbocycles. The molecule has 2 N–H and O–H groups in total. The van der Waals surface area contributed by atoms with Crippen molar-refractivity contribution in [2.75, 3.05) is 39.3 Å². The summed E-state index contributed by atoms with van der Waals surface area (Å²) < 4.78 is 5.13. The lowest BCUT2D eigenvalue weighted by atomic mass is 9.91. The Bertz CT molecular complexity index is 669. The van der Waals surface area contributed by atoms with Crippen LogP contribution < -0.4 is 10.2 Å². The van der Waals surface area contributed by atoms with E-state index < -0.39 is 17.9 Å². The first-order valence-electron chi connectivity index (χ1n) is 9.32. The van der Waals surface area contributed by atoms with Crippen molar-refractivity contribution in [1.82, 2.24) is 10.2 Å². The highest BCUT2D eigenvalue weighted by Crippen LogP contribution is 2.30. The molecule has 0 aromatic heterocycles. The van der Waals surface area contributed by atoms with Crippen molar-refractivity contribution in [2.45, 2.75) is 19.9 Å². The van der Waals surface area contributed by atoms with E-state index >= 15 is 0 Å². The van der Waals surface area contributed by atoms with E-state index in [1.54, 1.807) is 11.8 Å². The van der Waals surface area contributed by atoms with Crippen LogP contribution in [0.25, 0.3) is 0 Å². The number of nitrogens with one attached hydrogen (secondary N) is 2. The third-order valence-electron chi connectivity index (χ3n) is 5.05. The quantitative estimate of drug-likeness (QED) is 0.567. The second-order valence-electron chi connectivity index (χ2n) is 6.62. The number of piperazine rings is 1. The van der Waals surface area contributed by atoms with Crippen molar-refractivity contribution in [3.05, 3.63) is 35.9 Å². The number of benzene rings is 1. The van der Waals surface area contributed by atoms with Crippen LogP contribution in [0.4, 0.5) is 0 Å². The second-order valence-corrected chi connectivity index (χ2v) is 6.62. The molecule has 7 nitrogen and oxygen atoms in total. The number of likely N-dealkylation sites (N-methyl/N-ethyl adjacent to an activating group) is 1. The zero-order valence-corrected chi connectivity index (χ0v) is 15.4. The molecule has 2 aliphatic heterocycles. The molecule has 140 valence electrons. The molecule has 1 aromatic carbocycles. The van der Waals surface area contributed by atoms with Gasteiger partial charge in [-0.3, -0.25) is 14.9 Å². The van der Waals surface area contributed by atoms with Crippen LogP contribution in [-0.2, 0) is 14.3 Å². The van der Waals surface area contributed by atoms with E-state index in [9.17, 15) is 9.59 Å². The highest BCUT2D eigenvalue weighted by atomic mass is 16.5. The Morgan fingerprint density at radius 2 is 1.96 bits per heavy atom. The molecular formula is C19H27N4O3+. The Morgan fingerprint density at radius 3 is 2.58 bits per heavy atom. The van der Waals surface area contributed by atoms with Gasteiger partial charge in [0.1, 0.15) is 6.04 Å². The van der Waals surface area contributed by atoms with Gasteiger partial charge in [-0.25, -0.2) is 4.99 Å². The molecule has 2 aliphatic rings. The summed E-state index contributed by atoms with van der Waals surface area (Å²) in [6.45, 7) is 8.97. The van der Waals surface area contributed by atoms with Crippen molar-refractivity contribution in [1.29, 1.82) is 0 Å². The Labute approximate surface area is 154 Å². The van der Waals surface area contributed by atoms with Crippen LogP contribution in [0.3, 0.4) is 0 Å². The molecule has 1 fully saturated rings. The molecule has 26 heavy (non-hydrogen) atoms. The Balaban J connectivity index is 1.88. The molecule has 2 atom stereocenters. The van der Waals surface area contributed by atoms with E-state index in [-0.39, 0.29) is 12.5 Å². The SMILES string of the molecule is CCOC(=O)[C@@H]1C(=O)NC(N2CC[NH+](CC)CC2)=N[C@@H]1c1ccccc1. The van der Waals surface area contributed by atoms with Crippen LogP contribution in [0, 0.1) is 5.92 Å². The predicted molar refractivity (Wildman–Crippen MR) is 97.7 cm³/mol. The molecule has 3 rings (SSSR count). The number of aliphatic imine (C=N–C) groups is 1. The molecule has 0 unspecified atom stereocenters. The zero-order valence-electron chi connectivity index (χ0n) is 15.4. The summed E-state index contributed by atoms with van der Waals surface area (Å²) >= 11 is 0. The Kier molecular flexibility index (Phi) is 5.88. The lowest BCUT2D eigenvalue weighted by Crippen LogP contribution is -3.14. The van der Waals surface area contributed by atoms with Gasteiger partial charge < -0.3 is 14.5 Å². The Hall–Kier alpha value is -2.41. The van der Waals surface area contributed by atoms with Gasteiger partial charge in [-0.15, -0.1) is 0 Å². The van der Waals surface area contributed by atoms with Crippen LogP contribution in [0.2, 0.25) is 0 Å². The van der Waals surface area contributed by atoms with Gasteiger partial charge >= 0.3 is 5.97 Å². The minimum absolute atomic E-state index is 0.239. The van der Waals surface area contributed by atoms with Gasteiger partial charge in [-0.2, -0.15) is 0 Å². The monoisotopic (exact) mass is 359 g/mol. The molecule has 1 saturated heterocycles. The third-order valence-corrected chi connectivity index (χ3v) is 5.05. The van der Waals surface area contributed by atoms with Gasteiger partial charge in [0.15, 0.2) is 5.92 Å². The van der Waals surface area contributed by atoms with Gasteiger partial charge in [0.2, 0.25) is 11.9 Å². The van der Waals surface area contributed by atoms with E-state index in [0.29, 0.717) is 5.96 Å². The Morgan fingerprint density at radius 1 is 1.27 bits per heavy atom. The first kappa shape index (κ1) is 18.4. The fourth-order valence-electron chi connectivity index (χ4n) is 3.50. The molecule has 2 heterocycles. The maximum Gasteiger partial charge on any atom is 0.321 e. The van der Waals surface area contributed by atoms with E-state index in [1.807, 2.05) is 30.3 Å². The zero-order chi connectivity index (χ0) is 18.5. The maximum absolute atomic E-state index is 12.7. The highest BCUT2D eigenvalue weighted by Gasteiger charge is 2.42. The number of nitrogens with zero attached hydrogens (tertiary/aromatic N) is 2. The van der Waals surface area contributed by atoms with Crippen molar-refractivity contribution in [3.63, 3.8) is 0 Å². The minimum atomic E-state index is -0.955. The summed E-state index contributed by atoms with van der Waals surface area (Å²) in [5.41, 5.74) is 0.843. The average molecular weight is 359 g/mol. The van der Waals surface area contributed by atoms with Gasteiger partial charge in [-0.05, 0) is 19.4 Å². The molecule has 7 heteroatoms. The summed E-state index contributed by atoms with van der Waals surface area (Å²) in [6.07, 6.45) is 0. The van der Waals surface area contributed by atoms with Crippen molar-refractivity contribution >= 4 is 17.8 Å². The van der Waals surface area contributed by atoms with E-state index in [0.717, 1.165) is 38.3 Å². The van der Waals surface area contributed by atoms with Crippen LogP contribution in [0.5, 0.6) is 0 Å². The van der Waals surface area contributed by atoms with Crippen LogP contribution in [-0.4, -0.2) is 62.1 Å². The van der Waals surface area contributed by atoms with Crippen LogP contribution >= 0.6 is 0 Å². The fourth-order valence-corrected chi connectivity index (χ4v) is 3.50. The summed E-state index contributed by atoms with van der Waals surface area (Å²) in [6, 6.07) is 8.93. The van der Waals surface area contributed by atoms with Gasteiger partial charge in [0, 0.05) is 0 Å². The highest BCUT2D eigenvalue weighted by molar-refractivity contribution is 6.08. The number of carbonyl (C=O) groups excluding carboxylic acids is 2. The molecule has 1 aromatic rings. The first-order valence-corrected chi connectivity index (χ1v) is 9.32. The lowest BCUT2D eigenvalue weighted by molar-refractivity contribution is -0.902. The molecule has 1 amide bonds.